The predicted octanol–water partition coefficient (Wildman–Crippen LogP) is 3.43. The lowest BCUT2D eigenvalue weighted by Crippen LogP contribution is -2.44. The van der Waals surface area contributed by atoms with Gasteiger partial charge in [0.1, 0.15) is 0 Å². The number of aromatic nitrogens is 1. The number of rotatable bonds is 0. The first-order valence-electron chi connectivity index (χ1n) is 7.47. The summed E-state index contributed by atoms with van der Waals surface area (Å²) in [5.74, 6) is 0.740. The maximum atomic E-state index is 2.72. The van der Waals surface area contributed by atoms with Crippen LogP contribution in [0.5, 0.6) is 0 Å². The Kier molecular flexibility index (Phi) is 1.90. The van der Waals surface area contributed by atoms with Crippen LogP contribution in [0, 0.1) is 5.92 Å². The summed E-state index contributed by atoms with van der Waals surface area (Å²) < 4.78 is 2.46. The van der Waals surface area contributed by atoms with E-state index in [1.54, 1.807) is 11.3 Å². The summed E-state index contributed by atoms with van der Waals surface area (Å²) in [6.45, 7) is 2.53. The third kappa shape index (κ3) is 1.20. The van der Waals surface area contributed by atoms with Crippen LogP contribution in [0.1, 0.15) is 30.1 Å². The highest BCUT2D eigenvalue weighted by atomic mass is 15.2. The average molecular weight is 250 g/mol. The minimum absolute atomic E-state index is 0.648. The Morgan fingerprint density at radius 2 is 2.05 bits per heavy atom. The van der Waals surface area contributed by atoms with Gasteiger partial charge in [-0.1, -0.05) is 24.3 Å². The van der Waals surface area contributed by atoms with E-state index in [1.165, 1.54) is 43.3 Å². The molecule has 1 aromatic heterocycles. The first-order valence-corrected chi connectivity index (χ1v) is 7.47. The molecular weight excluding hydrogens is 232 g/mol. The molecule has 2 atom stereocenters. The van der Waals surface area contributed by atoms with Crippen molar-refractivity contribution >= 4 is 17.1 Å². The van der Waals surface area contributed by atoms with Crippen molar-refractivity contribution < 1.29 is 0 Å². The number of benzene rings is 1. The van der Waals surface area contributed by atoms with Crippen LogP contribution < -0.4 is 0 Å². The maximum absolute atomic E-state index is 2.72. The van der Waals surface area contributed by atoms with Crippen LogP contribution in [0.4, 0.5) is 0 Å². The van der Waals surface area contributed by atoms with Gasteiger partial charge >= 0.3 is 0 Å². The van der Waals surface area contributed by atoms with Crippen molar-refractivity contribution in [2.24, 2.45) is 5.92 Å². The van der Waals surface area contributed by atoms with Gasteiger partial charge in [0.25, 0.3) is 0 Å². The molecule has 1 fully saturated rings. The molecule has 0 radical (unpaired) electrons. The Balaban J connectivity index is 1.87. The molecule has 2 heteroatoms. The van der Waals surface area contributed by atoms with Crippen LogP contribution in [-0.2, 0) is 6.42 Å². The number of para-hydroxylation sites is 1. The van der Waals surface area contributed by atoms with E-state index in [-0.39, 0.29) is 0 Å². The van der Waals surface area contributed by atoms with E-state index in [4.69, 9.17) is 0 Å². The van der Waals surface area contributed by atoms with Crippen molar-refractivity contribution in [3.05, 3.63) is 41.6 Å². The number of hydrogen-bond acceptors (Lipinski definition) is 1. The van der Waals surface area contributed by atoms with Gasteiger partial charge in [-0.2, -0.15) is 0 Å². The third-order valence-electron chi connectivity index (χ3n) is 5.25. The minimum Gasteiger partial charge on any atom is -0.319 e. The van der Waals surface area contributed by atoms with E-state index in [0.717, 1.165) is 5.92 Å². The molecule has 96 valence electrons. The van der Waals surface area contributed by atoms with Crippen LogP contribution in [-0.4, -0.2) is 22.6 Å². The molecule has 4 heterocycles. The molecule has 1 saturated heterocycles. The van der Waals surface area contributed by atoms with Crippen LogP contribution in [0.2, 0.25) is 0 Å². The number of hydrogen-bond donors (Lipinski definition) is 0. The van der Waals surface area contributed by atoms with Crippen LogP contribution in [0.15, 0.2) is 30.3 Å². The highest BCUT2D eigenvalue weighted by Crippen LogP contribution is 2.46. The van der Waals surface area contributed by atoms with Crippen molar-refractivity contribution in [3.63, 3.8) is 0 Å². The third-order valence-corrected chi connectivity index (χ3v) is 5.25. The summed E-state index contributed by atoms with van der Waals surface area (Å²) in [5, 5.41) is 1.48. The summed E-state index contributed by atoms with van der Waals surface area (Å²) in [6.07, 6.45) is 8.72. The minimum atomic E-state index is 0.648. The Morgan fingerprint density at radius 1 is 1.11 bits per heavy atom. The topological polar surface area (TPSA) is 8.17 Å². The molecule has 0 bridgehead atoms. The van der Waals surface area contributed by atoms with E-state index in [1.807, 2.05) is 0 Å². The van der Waals surface area contributed by atoms with Gasteiger partial charge in [-0.25, -0.2) is 0 Å². The summed E-state index contributed by atoms with van der Waals surface area (Å²) in [6, 6.07) is 9.56. The maximum Gasteiger partial charge on any atom is 0.0571 e. The highest BCUT2D eigenvalue weighted by molar-refractivity contribution is 5.88. The standard InChI is InChI=1S/C17H18N2/c1-2-6-15-13(5-1)14-8-10-18-9-3-4-12-7-11-19(15)17(14)16(12)18/h1-2,5-7,11-12,16H,3-4,8-10H2/t12-,16+/m0/s1. The lowest BCUT2D eigenvalue weighted by Gasteiger charge is -2.45. The quantitative estimate of drug-likeness (QED) is 0.695. The van der Waals surface area contributed by atoms with E-state index in [0.29, 0.717) is 6.04 Å². The van der Waals surface area contributed by atoms with E-state index in [2.05, 4.69) is 46.0 Å². The second kappa shape index (κ2) is 3.51. The van der Waals surface area contributed by atoms with Gasteiger partial charge in [0.2, 0.25) is 0 Å². The summed E-state index contributed by atoms with van der Waals surface area (Å²) in [7, 11) is 0. The Labute approximate surface area is 113 Å². The average Bonchev–Trinajstić information content (AvgIpc) is 2.81. The molecule has 0 aliphatic carbocycles. The zero-order valence-corrected chi connectivity index (χ0v) is 11.0. The Bertz CT molecular complexity index is 695. The van der Waals surface area contributed by atoms with Crippen LogP contribution in [0.3, 0.4) is 0 Å². The largest absolute Gasteiger partial charge is 0.319 e. The molecular formula is C17H18N2. The van der Waals surface area contributed by atoms with Crippen molar-refractivity contribution in [2.75, 3.05) is 13.1 Å². The van der Waals surface area contributed by atoms with E-state index in [9.17, 15) is 0 Å². The SMILES string of the molecule is C1=Cn2c3c(c4ccccc42)CCN2CCC[C@@H]1[C@H]32. The predicted molar refractivity (Wildman–Crippen MR) is 78.0 cm³/mol. The first kappa shape index (κ1) is 10.3. The monoisotopic (exact) mass is 250 g/mol. The van der Waals surface area contributed by atoms with Gasteiger partial charge in [0.15, 0.2) is 0 Å². The van der Waals surface area contributed by atoms with E-state index < -0.39 is 0 Å². The fourth-order valence-electron chi connectivity index (χ4n) is 4.47. The second-order valence-corrected chi connectivity index (χ2v) is 6.13. The lowest BCUT2D eigenvalue weighted by molar-refractivity contribution is 0.0982. The van der Waals surface area contributed by atoms with Gasteiger partial charge in [-0.15, -0.1) is 0 Å². The van der Waals surface area contributed by atoms with Crippen molar-refractivity contribution in [1.29, 1.82) is 0 Å². The fraction of sp³-hybridized carbons (Fsp3) is 0.412. The fourth-order valence-corrected chi connectivity index (χ4v) is 4.47. The molecule has 0 amide bonds. The summed E-state index contributed by atoms with van der Waals surface area (Å²) >= 11 is 0. The van der Waals surface area contributed by atoms with Gasteiger partial charge in [0.05, 0.1) is 11.6 Å². The second-order valence-electron chi connectivity index (χ2n) is 6.13. The Morgan fingerprint density at radius 3 is 3.05 bits per heavy atom. The van der Waals surface area contributed by atoms with Crippen molar-refractivity contribution in [2.45, 2.75) is 25.3 Å². The summed E-state index contributed by atoms with van der Waals surface area (Å²) in [5.41, 5.74) is 4.61. The van der Waals surface area contributed by atoms with Gasteiger partial charge in [0, 0.05) is 23.8 Å². The molecule has 19 heavy (non-hydrogen) atoms. The molecule has 5 rings (SSSR count). The van der Waals surface area contributed by atoms with E-state index >= 15 is 0 Å². The molecule has 0 unspecified atom stereocenters. The highest BCUT2D eigenvalue weighted by Gasteiger charge is 2.40. The van der Waals surface area contributed by atoms with Gasteiger partial charge in [-0.3, -0.25) is 4.90 Å². The van der Waals surface area contributed by atoms with Gasteiger partial charge in [-0.05, 0) is 43.4 Å². The Hall–Kier alpha value is -1.54. The molecule has 3 aliphatic rings. The molecule has 0 spiro atoms. The molecule has 1 aromatic carbocycles. The smallest absolute Gasteiger partial charge is 0.0571 e. The molecule has 3 aliphatic heterocycles. The molecule has 0 saturated carbocycles. The van der Waals surface area contributed by atoms with Crippen LogP contribution >= 0.6 is 0 Å². The first-order chi connectivity index (χ1) is 9.43. The lowest BCUT2D eigenvalue weighted by atomic mass is 9.81. The number of nitrogens with zero attached hydrogens (tertiary/aromatic N) is 2. The normalized spacial score (nSPS) is 28.6. The molecule has 0 N–H and O–H groups in total. The molecule has 2 aromatic rings. The molecule has 2 nitrogen and oxygen atoms in total. The van der Waals surface area contributed by atoms with Crippen LogP contribution in [0.25, 0.3) is 17.1 Å². The zero-order chi connectivity index (χ0) is 12.4. The zero-order valence-electron chi connectivity index (χ0n) is 11.0. The number of piperidine rings is 1. The van der Waals surface area contributed by atoms with Crippen molar-refractivity contribution in [3.8, 4) is 0 Å². The number of fused-ring (bicyclic) bond motifs is 3. The summed E-state index contributed by atoms with van der Waals surface area (Å²) in [4.78, 5) is 2.72. The van der Waals surface area contributed by atoms with Crippen molar-refractivity contribution in [1.82, 2.24) is 9.47 Å². The van der Waals surface area contributed by atoms with Gasteiger partial charge < -0.3 is 4.57 Å².